The molecular weight excluding hydrogens is 297 g/mol. The van der Waals surface area contributed by atoms with Gasteiger partial charge in [0.2, 0.25) is 0 Å². The number of benzene rings is 1. The van der Waals surface area contributed by atoms with Gasteiger partial charge >= 0.3 is 11.8 Å². The second-order valence-corrected chi connectivity index (χ2v) is 4.86. The maximum absolute atomic E-state index is 12.9. The molecule has 0 fully saturated rings. The van der Waals surface area contributed by atoms with E-state index in [9.17, 15) is 14.0 Å². The van der Waals surface area contributed by atoms with Crippen molar-refractivity contribution in [1.82, 2.24) is 4.90 Å². The van der Waals surface area contributed by atoms with Crippen LogP contribution in [-0.2, 0) is 9.59 Å². The highest BCUT2D eigenvalue weighted by Gasteiger charge is 2.22. The van der Waals surface area contributed by atoms with Gasteiger partial charge in [0.1, 0.15) is 5.82 Å². The summed E-state index contributed by atoms with van der Waals surface area (Å²) >= 11 is 5.78. The lowest BCUT2D eigenvalue weighted by Crippen LogP contribution is -2.41. The van der Waals surface area contributed by atoms with Gasteiger partial charge in [0, 0.05) is 13.1 Å². The van der Waals surface area contributed by atoms with Gasteiger partial charge in [-0.05, 0) is 32.0 Å². The number of anilines is 1. The van der Waals surface area contributed by atoms with Crippen LogP contribution >= 0.6 is 11.6 Å². The fourth-order valence-electron chi connectivity index (χ4n) is 1.64. The number of nitriles is 1. The molecule has 0 heterocycles. The summed E-state index contributed by atoms with van der Waals surface area (Å²) in [6.07, 6.45) is 0. The largest absolute Gasteiger partial charge is 0.333 e. The average molecular weight is 312 g/mol. The van der Waals surface area contributed by atoms with Gasteiger partial charge in [-0.2, -0.15) is 5.26 Å². The van der Waals surface area contributed by atoms with E-state index in [0.29, 0.717) is 6.54 Å². The summed E-state index contributed by atoms with van der Waals surface area (Å²) in [4.78, 5) is 25.1. The van der Waals surface area contributed by atoms with Gasteiger partial charge in [0.05, 0.1) is 22.7 Å². The fraction of sp³-hybridized carbons (Fsp3) is 0.357. The normalized spacial score (nSPS) is 11.4. The summed E-state index contributed by atoms with van der Waals surface area (Å²) in [6.45, 7) is 3.83. The number of hydrogen-bond acceptors (Lipinski definition) is 3. The third kappa shape index (κ3) is 4.72. The summed E-state index contributed by atoms with van der Waals surface area (Å²) < 4.78 is 12.9. The van der Waals surface area contributed by atoms with Crippen LogP contribution in [0.2, 0.25) is 5.02 Å². The Kier molecular flexibility index (Phi) is 6.12. The van der Waals surface area contributed by atoms with E-state index in [1.165, 1.54) is 11.0 Å². The smallest absolute Gasteiger partial charge is 0.313 e. The molecule has 0 aliphatic rings. The van der Waals surface area contributed by atoms with Crippen LogP contribution in [0, 0.1) is 23.1 Å². The number of amides is 2. The molecule has 112 valence electrons. The molecule has 1 N–H and O–H groups in total. The highest BCUT2D eigenvalue weighted by Crippen LogP contribution is 2.22. The van der Waals surface area contributed by atoms with E-state index < -0.39 is 17.6 Å². The lowest BCUT2D eigenvalue weighted by Gasteiger charge is -2.21. The molecule has 2 amide bonds. The summed E-state index contributed by atoms with van der Waals surface area (Å²) in [5, 5.41) is 11.1. The summed E-state index contributed by atoms with van der Waals surface area (Å²) in [5.74, 6) is -2.56. The molecule has 1 aromatic carbocycles. The predicted molar refractivity (Wildman–Crippen MR) is 77.1 cm³/mol. The van der Waals surface area contributed by atoms with Crippen molar-refractivity contribution < 1.29 is 14.0 Å². The summed E-state index contributed by atoms with van der Waals surface area (Å²) in [6, 6.07) is 5.44. The topological polar surface area (TPSA) is 73.2 Å². The molecule has 0 aliphatic carbocycles. The monoisotopic (exact) mass is 311 g/mol. The van der Waals surface area contributed by atoms with Crippen molar-refractivity contribution in [2.75, 3.05) is 18.4 Å². The Morgan fingerprint density at radius 1 is 1.52 bits per heavy atom. The Balaban J connectivity index is 2.78. The number of carbonyl (C=O) groups excluding carboxylic acids is 2. The van der Waals surface area contributed by atoms with Crippen molar-refractivity contribution >= 4 is 29.1 Å². The zero-order valence-electron chi connectivity index (χ0n) is 11.7. The van der Waals surface area contributed by atoms with E-state index in [1.807, 2.05) is 6.07 Å². The van der Waals surface area contributed by atoms with Gasteiger partial charge in [0.25, 0.3) is 0 Å². The van der Waals surface area contributed by atoms with Gasteiger partial charge < -0.3 is 10.2 Å². The quantitative estimate of drug-likeness (QED) is 0.868. The number of nitrogens with one attached hydrogen (secondary N) is 1. The predicted octanol–water partition coefficient (Wildman–Crippen LogP) is 2.43. The number of carbonyl (C=O) groups is 2. The van der Waals surface area contributed by atoms with Crippen LogP contribution < -0.4 is 5.32 Å². The van der Waals surface area contributed by atoms with Crippen molar-refractivity contribution in [3.8, 4) is 6.07 Å². The first-order chi connectivity index (χ1) is 9.88. The molecular formula is C14H15ClFN3O2. The average Bonchev–Trinajstić information content (AvgIpc) is 2.46. The number of hydrogen-bond donors (Lipinski definition) is 1. The van der Waals surface area contributed by atoms with Crippen LogP contribution in [0.3, 0.4) is 0 Å². The Labute approximate surface area is 127 Å². The third-order valence-electron chi connectivity index (χ3n) is 2.76. The van der Waals surface area contributed by atoms with Crippen LogP contribution in [0.1, 0.15) is 13.8 Å². The summed E-state index contributed by atoms with van der Waals surface area (Å²) in [5.41, 5.74) is 0.154. The number of likely N-dealkylation sites (N-methyl/N-ethyl adjacent to an activating group) is 1. The van der Waals surface area contributed by atoms with Crippen molar-refractivity contribution in [1.29, 1.82) is 5.26 Å². The van der Waals surface area contributed by atoms with Crippen molar-refractivity contribution in [2.24, 2.45) is 5.92 Å². The van der Waals surface area contributed by atoms with Gasteiger partial charge in [0.15, 0.2) is 0 Å². The lowest BCUT2D eigenvalue weighted by molar-refractivity contribution is -0.143. The molecule has 7 heteroatoms. The second kappa shape index (κ2) is 7.60. The molecule has 0 radical (unpaired) electrons. The Morgan fingerprint density at radius 3 is 2.71 bits per heavy atom. The summed E-state index contributed by atoms with van der Waals surface area (Å²) in [7, 11) is 0. The molecule has 0 saturated heterocycles. The third-order valence-corrected chi connectivity index (χ3v) is 3.07. The molecule has 5 nitrogen and oxygen atoms in total. The van der Waals surface area contributed by atoms with Crippen LogP contribution in [-0.4, -0.2) is 29.8 Å². The van der Waals surface area contributed by atoms with Crippen LogP contribution in [0.5, 0.6) is 0 Å². The SMILES string of the molecule is CCN(CC(C)C#N)C(=O)C(=O)Nc1ccc(F)cc1Cl. The van der Waals surface area contributed by atoms with Crippen LogP contribution in [0.4, 0.5) is 10.1 Å². The fourth-order valence-corrected chi connectivity index (χ4v) is 1.85. The standard InChI is InChI=1S/C14H15ClFN3O2/c1-3-19(8-9(2)7-17)14(21)13(20)18-12-5-4-10(16)6-11(12)15/h4-6,9H,3,8H2,1-2H3,(H,18,20). The maximum Gasteiger partial charge on any atom is 0.313 e. The molecule has 0 spiro atoms. The van der Waals surface area contributed by atoms with E-state index in [1.54, 1.807) is 13.8 Å². The van der Waals surface area contributed by atoms with E-state index in [4.69, 9.17) is 16.9 Å². The van der Waals surface area contributed by atoms with E-state index >= 15 is 0 Å². The first-order valence-electron chi connectivity index (χ1n) is 6.34. The van der Waals surface area contributed by atoms with Crippen molar-refractivity contribution in [3.05, 3.63) is 29.0 Å². The van der Waals surface area contributed by atoms with E-state index in [0.717, 1.165) is 12.1 Å². The van der Waals surface area contributed by atoms with Gasteiger partial charge in [-0.1, -0.05) is 11.6 Å². The van der Waals surface area contributed by atoms with Gasteiger partial charge in [-0.3, -0.25) is 9.59 Å². The lowest BCUT2D eigenvalue weighted by atomic mass is 10.2. The first kappa shape index (κ1) is 16.9. The number of nitrogens with zero attached hydrogens (tertiary/aromatic N) is 2. The minimum absolute atomic E-state index is 0.00425. The van der Waals surface area contributed by atoms with Gasteiger partial charge in [-0.25, -0.2) is 4.39 Å². The Morgan fingerprint density at radius 2 is 2.19 bits per heavy atom. The maximum atomic E-state index is 12.9. The molecule has 1 atom stereocenters. The molecule has 21 heavy (non-hydrogen) atoms. The number of rotatable bonds is 4. The van der Waals surface area contributed by atoms with E-state index in [2.05, 4.69) is 5.32 Å². The Hall–Kier alpha value is -2.13. The van der Waals surface area contributed by atoms with Crippen molar-refractivity contribution in [3.63, 3.8) is 0 Å². The minimum Gasteiger partial charge on any atom is -0.333 e. The van der Waals surface area contributed by atoms with E-state index in [-0.39, 0.29) is 23.2 Å². The minimum atomic E-state index is -0.879. The highest BCUT2D eigenvalue weighted by molar-refractivity contribution is 6.41. The van der Waals surface area contributed by atoms with Crippen LogP contribution in [0.25, 0.3) is 0 Å². The number of halogens is 2. The zero-order valence-corrected chi connectivity index (χ0v) is 12.4. The molecule has 0 aromatic heterocycles. The molecule has 0 aliphatic heterocycles. The Bertz CT molecular complexity index is 586. The molecule has 1 rings (SSSR count). The highest BCUT2D eigenvalue weighted by atomic mass is 35.5. The van der Waals surface area contributed by atoms with Gasteiger partial charge in [-0.15, -0.1) is 0 Å². The van der Waals surface area contributed by atoms with Crippen LogP contribution in [0.15, 0.2) is 18.2 Å². The molecule has 1 unspecified atom stereocenters. The second-order valence-electron chi connectivity index (χ2n) is 4.45. The molecule has 0 saturated carbocycles. The molecule has 0 bridgehead atoms. The van der Waals surface area contributed by atoms with Crippen molar-refractivity contribution in [2.45, 2.75) is 13.8 Å². The first-order valence-corrected chi connectivity index (χ1v) is 6.71. The zero-order chi connectivity index (χ0) is 16.0. The molecule has 1 aromatic rings.